The van der Waals surface area contributed by atoms with E-state index in [1.165, 1.54) is 32.1 Å². The number of hydrogen-bond acceptors (Lipinski definition) is 4. The quantitative estimate of drug-likeness (QED) is 0.795. The fourth-order valence-corrected chi connectivity index (χ4v) is 5.85. The van der Waals surface area contributed by atoms with Gasteiger partial charge in [-0.1, -0.05) is 6.42 Å². The molecule has 0 spiro atoms. The first-order chi connectivity index (χ1) is 11.3. The molecule has 1 aromatic heterocycles. The van der Waals surface area contributed by atoms with E-state index in [9.17, 15) is 4.79 Å². The molecule has 1 amide bonds. The molecule has 6 nitrogen and oxygen atoms in total. The van der Waals surface area contributed by atoms with Gasteiger partial charge < -0.3 is 4.90 Å². The number of rotatable bonds is 1. The molecule has 23 heavy (non-hydrogen) atoms. The smallest absolute Gasteiger partial charge is 0.233 e. The molecule has 2 saturated carbocycles. The van der Waals surface area contributed by atoms with E-state index in [2.05, 4.69) is 20.4 Å². The van der Waals surface area contributed by atoms with Gasteiger partial charge in [-0.05, 0) is 73.1 Å². The predicted octanol–water partition coefficient (Wildman–Crippen LogP) is 1.98. The summed E-state index contributed by atoms with van der Waals surface area (Å²) in [4.78, 5) is 15.6. The summed E-state index contributed by atoms with van der Waals surface area (Å²) in [6.07, 6.45) is 9.62. The third kappa shape index (κ3) is 2.29. The molecule has 4 fully saturated rings. The van der Waals surface area contributed by atoms with Crippen LogP contribution in [0, 0.1) is 17.8 Å². The fourth-order valence-electron chi connectivity index (χ4n) is 5.85. The van der Waals surface area contributed by atoms with Crippen molar-refractivity contribution < 1.29 is 4.79 Å². The number of tetrazole rings is 1. The Morgan fingerprint density at radius 3 is 2.61 bits per heavy atom. The van der Waals surface area contributed by atoms with Gasteiger partial charge in [0.2, 0.25) is 5.91 Å². The number of fused-ring (bicyclic) bond motifs is 2. The van der Waals surface area contributed by atoms with Crippen molar-refractivity contribution in [2.24, 2.45) is 17.8 Å². The van der Waals surface area contributed by atoms with Crippen molar-refractivity contribution in [1.82, 2.24) is 25.1 Å². The number of aromatic nitrogens is 4. The van der Waals surface area contributed by atoms with Gasteiger partial charge in [0.15, 0.2) is 5.82 Å². The number of aryl methyl sites for hydroxylation is 1. The van der Waals surface area contributed by atoms with Crippen LogP contribution < -0.4 is 0 Å². The maximum absolute atomic E-state index is 13.4. The van der Waals surface area contributed by atoms with E-state index < -0.39 is 0 Å². The molecule has 4 heterocycles. The molecule has 3 aliphatic heterocycles. The highest BCUT2D eigenvalue weighted by atomic mass is 16.2. The van der Waals surface area contributed by atoms with Crippen molar-refractivity contribution in [3.8, 4) is 0 Å². The second kappa shape index (κ2) is 5.28. The summed E-state index contributed by atoms with van der Waals surface area (Å²) in [6, 6.07) is 0.478. The van der Waals surface area contributed by atoms with Crippen LogP contribution in [-0.2, 0) is 11.3 Å². The second-order valence-electron chi connectivity index (χ2n) is 8.23. The lowest BCUT2D eigenvalue weighted by atomic mass is 9.68. The van der Waals surface area contributed by atoms with Crippen molar-refractivity contribution in [2.75, 3.05) is 6.54 Å². The van der Waals surface area contributed by atoms with Crippen LogP contribution in [0.3, 0.4) is 0 Å². The molecule has 6 rings (SSSR count). The van der Waals surface area contributed by atoms with Crippen molar-refractivity contribution in [2.45, 2.75) is 69.9 Å². The normalized spacial score (nSPS) is 39.0. The average molecular weight is 315 g/mol. The summed E-state index contributed by atoms with van der Waals surface area (Å²) in [6.45, 7) is 1.83. The summed E-state index contributed by atoms with van der Waals surface area (Å²) in [5.74, 6) is 3.46. The molecule has 2 saturated heterocycles. The minimum atomic E-state index is -0.122. The van der Waals surface area contributed by atoms with Crippen LogP contribution in [0.15, 0.2) is 0 Å². The minimum absolute atomic E-state index is 0.122. The molecule has 0 N–H and O–H groups in total. The molecular formula is C17H25N5O. The van der Waals surface area contributed by atoms with Crippen LogP contribution in [0.5, 0.6) is 0 Å². The summed E-state index contributed by atoms with van der Waals surface area (Å²) < 4.78 is 1.86. The Morgan fingerprint density at radius 2 is 1.78 bits per heavy atom. The van der Waals surface area contributed by atoms with E-state index in [4.69, 9.17) is 0 Å². The lowest BCUT2D eigenvalue weighted by Crippen LogP contribution is -2.44. The molecular weight excluding hydrogens is 290 g/mol. The van der Waals surface area contributed by atoms with Crippen molar-refractivity contribution in [3.05, 3.63) is 5.82 Å². The van der Waals surface area contributed by atoms with Gasteiger partial charge in [0.25, 0.3) is 0 Å². The largest absolute Gasteiger partial charge is 0.339 e. The van der Waals surface area contributed by atoms with Gasteiger partial charge >= 0.3 is 0 Å². The zero-order valence-corrected chi connectivity index (χ0v) is 13.6. The van der Waals surface area contributed by atoms with Gasteiger partial charge in [0, 0.05) is 19.1 Å². The monoisotopic (exact) mass is 315 g/mol. The fraction of sp³-hybridized carbons (Fsp3) is 0.882. The van der Waals surface area contributed by atoms with Gasteiger partial charge in [-0.2, -0.15) is 0 Å². The number of amides is 1. The van der Waals surface area contributed by atoms with Crippen LogP contribution in [0.1, 0.15) is 63.1 Å². The predicted molar refractivity (Wildman–Crippen MR) is 83.5 cm³/mol. The van der Waals surface area contributed by atoms with Crippen LogP contribution in [-0.4, -0.2) is 43.6 Å². The molecule has 5 aliphatic rings. The maximum Gasteiger partial charge on any atom is 0.233 e. The summed E-state index contributed by atoms with van der Waals surface area (Å²) in [5.41, 5.74) is 0. The first kappa shape index (κ1) is 13.9. The zero-order valence-electron chi connectivity index (χ0n) is 13.6. The molecule has 6 heteroatoms. The Bertz CT molecular complexity index is 600. The molecule has 0 radical (unpaired) electrons. The number of nitrogens with zero attached hydrogens (tertiary/aromatic N) is 5. The minimum Gasteiger partial charge on any atom is -0.339 e. The Balaban J connectivity index is 1.44. The van der Waals surface area contributed by atoms with Crippen LogP contribution in [0.2, 0.25) is 0 Å². The second-order valence-corrected chi connectivity index (χ2v) is 8.23. The van der Waals surface area contributed by atoms with Gasteiger partial charge in [-0.15, -0.1) is 5.10 Å². The van der Waals surface area contributed by atoms with Crippen molar-refractivity contribution in [1.29, 1.82) is 0 Å². The lowest BCUT2D eigenvalue weighted by Gasteiger charge is -2.39. The van der Waals surface area contributed by atoms with Crippen molar-refractivity contribution >= 4 is 5.91 Å². The Kier molecular flexibility index (Phi) is 3.20. The van der Waals surface area contributed by atoms with Crippen LogP contribution in [0.25, 0.3) is 0 Å². The van der Waals surface area contributed by atoms with Gasteiger partial charge in [-0.25, -0.2) is 4.68 Å². The number of carbonyl (C=O) groups excluding carboxylic acids is 1. The summed E-state index contributed by atoms with van der Waals surface area (Å²) in [7, 11) is 0. The SMILES string of the molecule is O=C([C@@H]1CCCCn2nnnc21)N1CC2C[C@H]3CC1C[C@H](C2)C3. The van der Waals surface area contributed by atoms with Crippen molar-refractivity contribution in [3.63, 3.8) is 0 Å². The Labute approximate surface area is 136 Å². The Morgan fingerprint density at radius 1 is 1.00 bits per heavy atom. The molecule has 0 unspecified atom stereocenters. The number of hydrogen-bond donors (Lipinski definition) is 0. The Hall–Kier alpha value is -1.46. The van der Waals surface area contributed by atoms with Gasteiger partial charge in [0.05, 0.1) is 5.92 Å². The molecule has 1 aromatic rings. The first-order valence-electron chi connectivity index (χ1n) is 9.34. The highest BCUT2D eigenvalue weighted by Gasteiger charge is 2.45. The first-order valence-corrected chi connectivity index (χ1v) is 9.34. The van der Waals surface area contributed by atoms with E-state index in [0.29, 0.717) is 11.9 Å². The van der Waals surface area contributed by atoms with E-state index in [1.54, 1.807) is 0 Å². The van der Waals surface area contributed by atoms with E-state index in [1.807, 2.05) is 4.68 Å². The van der Waals surface area contributed by atoms with E-state index in [0.717, 1.165) is 55.9 Å². The highest BCUT2D eigenvalue weighted by molar-refractivity contribution is 5.83. The van der Waals surface area contributed by atoms with Crippen LogP contribution >= 0.6 is 0 Å². The molecule has 3 atom stereocenters. The van der Waals surface area contributed by atoms with E-state index in [-0.39, 0.29) is 5.92 Å². The third-order valence-electron chi connectivity index (χ3n) is 6.67. The standard InChI is InChI=1S/C17H25N5O/c23-17(15-3-1-2-4-22-16(15)18-19-20-22)21-10-13-6-11-5-12(7-13)9-14(21)8-11/h11-15H,1-10H2/t11-,12-,13?,14?,15+/m0/s1. The van der Waals surface area contributed by atoms with Gasteiger partial charge in [0.1, 0.15) is 0 Å². The molecule has 0 aromatic carbocycles. The molecule has 124 valence electrons. The lowest BCUT2D eigenvalue weighted by molar-refractivity contribution is -0.136. The zero-order chi connectivity index (χ0) is 15.4. The topological polar surface area (TPSA) is 63.9 Å². The molecule has 2 aliphatic carbocycles. The third-order valence-corrected chi connectivity index (χ3v) is 6.67. The average Bonchev–Trinajstić information content (AvgIpc) is 2.78. The van der Waals surface area contributed by atoms with Gasteiger partial charge in [-0.3, -0.25) is 4.79 Å². The summed E-state index contributed by atoms with van der Waals surface area (Å²) in [5, 5.41) is 12.1. The highest BCUT2D eigenvalue weighted by Crippen LogP contribution is 2.48. The molecule has 4 bridgehead atoms. The maximum atomic E-state index is 13.4. The van der Waals surface area contributed by atoms with E-state index >= 15 is 0 Å². The summed E-state index contributed by atoms with van der Waals surface area (Å²) >= 11 is 0. The van der Waals surface area contributed by atoms with Crippen LogP contribution in [0.4, 0.5) is 0 Å². The number of carbonyl (C=O) groups is 1.